The van der Waals surface area contributed by atoms with E-state index in [1.54, 1.807) is 0 Å². The summed E-state index contributed by atoms with van der Waals surface area (Å²) in [5, 5.41) is 3.07. The zero-order valence-electron chi connectivity index (χ0n) is 18.1. The molecule has 4 rings (SSSR count). The summed E-state index contributed by atoms with van der Waals surface area (Å²) in [6.07, 6.45) is 2.07. The molecule has 1 saturated carbocycles. The Morgan fingerprint density at radius 2 is 1.84 bits per heavy atom. The number of rotatable bonds is 7. The Morgan fingerprint density at radius 1 is 1.10 bits per heavy atom. The van der Waals surface area contributed by atoms with E-state index in [0.29, 0.717) is 32.8 Å². The summed E-state index contributed by atoms with van der Waals surface area (Å²) in [6, 6.07) is 18.2. The van der Waals surface area contributed by atoms with Gasteiger partial charge in [0.1, 0.15) is 0 Å². The van der Waals surface area contributed by atoms with Crippen molar-refractivity contribution in [3.05, 3.63) is 71.3 Å². The van der Waals surface area contributed by atoms with Crippen molar-refractivity contribution < 1.29 is 14.3 Å². The monoisotopic (exact) mass is 421 g/mol. The molecular weight excluding hydrogens is 390 g/mol. The van der Waals surface area contributed by atoms with Crippen LogP contribution in [0.3, 0.4) is 0 Å². The fourth-order valence-electron chi connectivity index (χ4n) is 4.09. The van der Waals surface area contributed by atoms with Crippen LogP contribution in [0.15, 0.2) is 54.6 Å². The molecule has 1 aliphatic heterocycles. The second-order valence-electron chi connectivity index (χ2n) is 8.44. The standard InChI is InChI=1S/C25H31N3O3/c1-19-6-5-7-20(16-19)18-28(22-10-11-22)25(30)26-17-23(21-8-3-2-4-9-21)24(29)27-12-14-31-15-13-27/h2-9,16,22-23H,10-15,17-18H2,1H3,(H,26,30). The maximum atomic E-state index is 13.3. The lowest BCUT2D eigenvalue weighted by Gasteiger charge is -2.31. The maximum Gasteiger partial charge on any atom is 0.317 e. The summed E-state index contributed by atoms with van der Waals surface area (Å²) in [6.45, 7) is 5.25. The average Bonchev–Trinajstić information content (AvgIpc) is 3.64. The third kappa shape index (κ3) is 5.64. The molecule has 2 aromatic rings. The molecule has 1 aliphatic carbocycles. The van der Waals surface area contributed by atoms with Gasteiger partial charge in [-0.05, 0) is 30.9 Å². The number of nitrogens with zero attached hydrogens (tertiary/aromatic N) is 2. The van der Waals surface area contributed by atoms with Crippen molar-refractivity contribution in [2.75, 3.05) is 32.8 Å². The number of benzene rings is 2. The highest BCUT2D eigenvalue weighted by Gasteiger charge is 2.34. The summed E-state index contributed by atoms with van der Waals surface area (Å²) in [7, 11) is 0. The van der Waals surface area contributed by atoms with E-state index in [-0.39, 0.29) is 24.5 Å². The predicted molar refractivity (Wildman–Crippen MR) is 120 cm³/mol. The summed E-state index contributed by atoms with van der Waals surface area (Å²) in [5.74, 6) is -0.352. The fraction of sp³-hybridized carbons (Fsp3) is 0.440. The summed E-state index contributed by atoms with van der Waals surface area (Å²) in [5.41, 5.74) is 3.25. The lowest BCUT2D eigenvalue weighted by Crippen LogP contribution is -2.47. The molecule has 1 heterocycles. The van der Waals surface area contributed by atoms with E-state index in [0.717, 1.165) is 24.0 Å². The van der Waals surface area contributed by atoms with Crippen LogP contribution in [0.5, 0.6) is 0 Å². The van der Waals surface area contributed by atoms with Crippen LogP contribution in [0.4, 0.5) is 4.79 Å². The van der Waals surface area contributed by atoms with E-state index < -0.39 is 5.92 Å². The molecule has 1 saturated heterocycles. The van der Waals surface area contributed by atoms with Crippen LogP contribution in [0, 0.1) is 6.92 Å². The first-order valence-electron chi connectivity index (χ1n) is 11.1. The van der Waals surface area contributed by atoms with E-state index in [1.807, 2.05) is 46.2 Å². The number of carbonyl (C=O) groups is 2. The first kappa shape index (κ1) is 21.4. The van der Waals surface area contributed by atoms with Crippen molar-refractivity contribution in [1.82, 2.24) is 15.1 Å². The van der Waals surface area contributed by atoms with Crippen molar-refractivity contribution in [2.45, 2.75) is 38.3 Å². The molecule has 3 amide bonds. The number of carbonyl (C=O) groups excluding carboxylic acids is 2. The quantitative estimate of drug-likeness (QED) is 0.746. The van der Waals surface area contributed by atoms with Crippen molar-refractivity contribution in [3.8, 4) is 0 Å². The lowest BCUT2D eigenvalue weighted by atomic mass is 9.97. The van der Waals surface area contributed by atoms with Crippen LogP contribution in [-0.2, 0) is 16.1 Å². The molecule has 2 fully saturated rings. The minimum Gasteiger partial charge on any atom is -0.378 e. The molecule has 164 valence electrons. The molecule has 1 unspecified atom stereocenters. The summed E-state index contributed by atoms with van der Waals surface area (Å²) >= 11 is 0. The van der Waals surface area contributed by atoms with Gasteiger partial charge in [-0.25, -0.2) is 4.79 Å². The number of hydrogen-bond acceptors (Lipinski definition) is 3. The van der Waals surface area contributed by atoms with Gasteiger partial charge in [0.15, 0.2) is 0 Å². The van der Waals surface area contributed by atoms with Gasteiger partial charge in [0.2, 0.25) is 5.91 Å². The Kier molecular flexibility index (Phi) is 6.87. The van der Waals surface area contributed by atoms with E-state index >= 15 is 0 Å². The van der Waals surface area contributed by atoms with Gasteiger partial charge in [0, 0.05) is 32.2 Å². The second kappa shape index (κ2) is 9.96. The summed E-state index contributed by atoms with van der Waals surface area (Å²) in [4.78, 5) is 30.1. The van der Waals surface area contributed by atoms with Gasteiger partial charge in [0.05, 0.1) is 19.1 Å². The summed E-state index contributed by atoms with van der Waals surface area (Å²) < 4.78 is 5.39. The molecule has 6 nitrogen and oxygen atoms in total. The van der Waals surface area contributed by atoms with E-state index in [4.69, 9.17) is 4.74 Å². The van der Waals surface area contributed by atoms with Gasteiger partial charge >= 0.3 is 6.03 Å². The zero-order valence-corrected chi connectivity index (χ0v) is 18.1. The van der Waals surface area contributed by atoms with Gasteiger partial charge in [-0.2, -0.15) is 0 Å². The number of morpholine rings is 1. The second-order valence-corrected chi connectivity index (χ2v) is 8.44. The van der Waals surface area contributed by atoms with E-state index in [9.17, 15) is 9.59 Å². The Morgan fingerprint density at radius 3 is 2.52 bits per heavy atom. The zero-order chi connectivity index (χ0) is 21.6. The first-order valence-corrected chi connectivity index (χ1v) is 11.1. The van der Waals surface area contributed by atoms with Crippen LogP contribution in [0.25, 0.3) is 0 Å². The highest BCUT2D eigenvalue weighted by molar-refractivity contribution is 5.85. The van der Waals surface area contributed by atoms with Crippen LogP contribution in [-0.4, -0.2) is 60.6 Å². The van der Waals surface area contributed by atoms with Crippen LogP contribution >= 0.6 is 0 Å². The molecule has 0 bridgehead atoms. The highest BCUT2D eigenvalue weighted by atomic mass is 16.5. The van der Waals surface area contributed by atoms with Crippen molar-refractivity contribution >= 4 is 11.9 Å². The smallest absolute Gasteiger partial charge is 0.317 e. The normalized spacial score (nSPS) is 17.1. The molecular formula is C25H31N3O3. The average molecular weight is 422 g/mol. The molecule has 0 radical (unpaired) electrons. The molecule has 31 heavy (non-hydrogen) atoms. The lowest BCUT2D eigenvalue weighted by molar-refractivity contribution is -0.136. The molecule has 1 atom stereocenters. The molecule has 0 aromatic heterocycles. The number of aryl methyl sites for hydroxylation is 1. The number of hydrogen-bond donors (Lipinski definition) is 1. The number of nitrogens with one attached hydrogen (secondary N) is 1. The molecule has 2 aliphatic rings. The van der Waals surface area contributed by atoms with Crippen LogP contribution in [0.2, 0.25) is 0 Å². The topological polar surface area (TPSA) is 61.9 Å². The van der Waals surface area contributed by atoms with Gasteiger partial charge < -0.3 is 19.9 Å². The van der Waals surface area contributed by atoms with Gasteiger partial charge in [-0.1, -0.05) is 60.2 Å². The molecule has 1 N–H and O–H groups in total. The van der Waals surface area contributed by atoms with Crippen LogP contribution < -0.4 is 5.32 Å². The van der Waals surface area contributed by atoms with Crippen molar-refractivity contribution in [3.63, 3.8) is 0 Å². The molecule has 0 spiro atoms. The Labute approximate surface area is 184 Å². The molecule has 6 heteroatoms. The predicted octanol–water partition coefficient (Wildman–Crippen LogP) is 3.31. The third-order valence-corrected chi connectivity index (χ3v) is 5.96. The van der Waals surface area contributed by atoms with Crippen molar-refractivity contribution in [1.29, 1.82) is 0 Å². The van der Waals surface area contributed by atoms with E-state index in [2.05, 4.69) is 30.4 Å². The number of urea groups is 1. The SMILES string of the molecule is Cc1cccc(CN(C(=O)NCC(C(=O)N2CCOCC2)c2ccccc2)C2CC2)c1. The van der Waals surface area contributed by atoms with Crippen molar-refractivity contribution in [2.24, 2.45) is 0 Å². The number of ether oxygens (including phenoxy) is 1. The Balaban J connectivity index is 1.44. The highest BCUT2D eigenvalue weighted by Crippen LogP contribution is 2.29. The maximum absolute atomic E-state index is 13.3. The largest absolute Gasteiger partial charge is 0.378 e. The van der Waals surface area contributed by atoms with Gasteiger partial charge in [0.25, 0.3) is 0 Å². The minimum absolute atomic E-state index is 0.0476. The molecule has 2 aromatic carbocycles. The number of amides is 3. The minimum atomic E-state index is -0.400. The van der Waals surface area contributed by atoms with Crippen LogP contribution in [0.1, 0.15) is 35.4 Å². The fourth-order valence-corrected chi connectivity index (χ4v) is 4.09. The van der Waals surface area contributed by atoms with E-state index in [1.165, 1.54) is 5.56 Å². The van der Waals surface area contributed by atoms with Gasteiger partial charge in [-0.3, -0.25) is 4.79 Å². The first-order chi connectivity index (χ1) is 15.1. The van der Waals surface area contributed by atoms with Gasteiger partial charge in [-0.15, -0.1) is 0 Å². The third-order valence-electron chi connectivity index (χ3n) is 5.96. The Bertz CT molecular complexity index is 892. The Hall–Kier alpha value is -2.86.